The van der Waals surface area contributed by atoms with Gasteiger partial charge >= 0.3 is 0 Å². The van der Waals surface area contributed by atoms with Crippen molar-refractivity contribution in [2.24, 2.45) is 5.73 Å². The first-order valence-electron chi connectivity index (χ1n) is 4.48. The van der Waals surface area contributed by atoms with Crippen LogP contribution < -0.4 is 10.5 Å². The van der Waals surface area contributed by atoms with Crippen molar-refractivity contribution in [1.82, 2.24) is 0 Å². The summed E-state index contributed by atoms with van der Waals surface area (Å²) < 4.78 is 6.00. The minimum atomic E-state index is -0.475. The van der Waals surface area contributed by atoms with E-state index in [0.29, 0.717) is 16.8 Å². The second-order valence-electron chi connectivity index (χ2n) is 3.11. The molecule has 1 aromatic rings. The Morgan fingerprint density at radius 3 is 2.88 bits per heavy atom. The van der Waals surface area contributed by atoms with Crippen LogP contribution in [0.25, 0.3) is 0 Å². The zero-order chi connectivity index (χ0) is 12.1. The summed E-state index contributed by atoms with van der Waals surface area (Å²) in [4.78, 5) is 10.1. The van der Waals surface area contributed by atoms with E-state index in [1.165, 1.54) is 12.1 Å². The molecule has 0 aliphatic carbocycles. The number of nitrogens with zero attached hydrogens (tertiary/aromatic N) is 1. The summed E-state index contributed by atoms with van der Waals surface area (Å²) in [6.45, 7) is 4.25. The van der Waals surface area contributed by atoms with E-state index < -0.39 is 4.92 Å². The molecule has 16 heavy (non-hydrogen) atoms. The van der Waals surface area contributed by atoms with Gasteiger partial charge in [0.2, 0.25) is 0 Å². The lowest BCUT2D eigenvalue weighted by atomic mass is 10.3. The maximum atomic E-state index is 10.6. The third kappa shape index (κ3) is 3.32. The Morgan fingerprint density at radius 1 is 1.62 bits per heavy atom. The number of halogens is 1. The fourth-order valence-corrected chi connectivity index (χ4v) is 1.32. The molecule has 0 bridgehead atoms. The normalized spacial score (nSPS) is 9.88. The van der Waals surface area contributed by atoms with Gasteiger partial charge in [-0.05, 0) is 27.6 Å². The Morgan fingerprint density at radius 2 is 2.31 bits per heavy atom. The topological polar surface area (TPSA) is 78.4 Å². The number of nitro groups is 1. The molecule has 0 radical (unpaired) electrons. The standard InChI is InChI=1S/C10H11BrN2O3/c1-7(5-12)6-16-10-4-8(13(14)15)2-3-9(10)11/h2-4H,1,5-6,12H2. The summed E-state index contributed by atoms with van der Waals surface area (Å²) in [5.41, 5.74) is 6.06. The van der Waals surface area contributed by atoms with E-state index in [4.69, 9.17) is 10.5 Å². The van der Waals surface area contributed by atoms with Crippen LogP contribution in [-0.4, -0.2) is 18.1 Å². The van der Waals surface area contributed by atoms with E-state index in [1.807, 2.05) is 0 Å². The fraction of sp³-hybridized carbons (Fsp3) is 0.200. The SMILES string of the molecule is C=C(CN)COc1cc([N+](=O)[O-])ccc1Br. The molecule has 1 rings (SSSR count). The predicted octanol–water partition coefficient (Wildman–Crippen LogP) is 2.25. The summed E-state index contributed by atoms with van der Waals surface area (Å²) in [7, 11) is 0. The Balaban J connectivity index is 2.82. The summed E-state index contributed by atoms with van der Waals surface area (Å²) >= 11 is 3.24. The van der Waals surface area contributed by atoms with Gasteiger partial charge in [-0.25, -0.2) is 0 Å². The second-order valence-corrected chi connectivity index (χ2v) is 3.97. The highest BCUT2D eigenvalue weighted by Crippen LogP contribution is 2.29. The summed E-state index contributed by atoms with van der Waals surface area (Å²) in [5, 5.41) is 10.6. The predicted molar refractivity (Wildman–Crippen MR) is 64.5 cm³/mol. The molecule has 86 valence electrons. The highest BCUT2D eigenvalue weighted by atomic mass is 79.9. The smallest absolute Gasteiger partial charge is 0.273 e. The summed E-state index contributed by atoms with van der Waals surface area (Å²) in [6.07, 6.45) is 0. The molecular weight excluding hydrogens is 276 g/mol. The van der Waals surface area contributed by atoms with Crippen molar-refractivity contribution in [3.05, 3.63) is 44.9 Å². The Kier molecular flexibility index (Phi) is 4.45. The third-order valence-electron chi connectivity index (χ3n) is 1.85. The quantitative estimate of drug-likeness (QED) is 0.512. The van der Waals surface area contributed by atoms with Crippen molar-refractivity contribution in [1.29, 1.82) is 0 Å². The Bertz CT molecular complexity index is 421. The van der Waals surface area contributed by atoms with E-state index in [-0.39, 0.29) is 12.3 Å². The van der Waals surface area contributed by atoms with Crippen molar-refractivity contribution in [3.8, 4) is 5.75 Å². The van der Waals surface area contributed by atoms with Crippen LogP contribution in [0.3, 0.4) is 0 Å². The molecule has 0 aromatic heterocycles. The summed E-state index contributed by atoms with van der Waals surface area (Å²) in [6, 6.07) is 4.32. The number of hydrogen-bond donors (Lipinski definition) is 1. The van der Waals surface area contributed by atoms with Crippen LogP contribution in [-0.2, 0) is 0 Å². The van der Waals surface area contributed by atoms with Gasteiger partial charge in [0.05, 0.1) is 15.5 Å². The molecule has 0 fully saturated rings. The molecule has 2 N–H and O–H groups in total. The van der Waals surface area contributed by atoms with Crippen molar-refractivity contribution >= 4 is 21.6 Å². The number of hydrogen-bond acceptors (Lipinski definition) is 4. The lowest BCUT2D eigenvalue weighted by molar-refractivity contribution is -0.384. The first-order chi connectivity index (χ1) is 7.54. The molecule has 0 saturated carbocycles. The minimum absolute atomic E-state index is 0.0171. The largest absolute Gasteiger partial charge is 0.488 e. The second kappa shape index (κ2) is 5.62. The monoisotopic (exact) mass is 286 g/mol. The zero-order valence-electron chi connectivity index (χ0n) is 8.48. The third-order valence-corrected chi connectivity index (χ3v) is 2.50. The maximum Gasteiger partial charge on any atom is 0.273 e. The zero-order valence-corrected chi connectivity index (χ0v) is 10.1. The minimum Gasteiger partial charge on any atom is -0.488 e. The number of rotatable bonds is 5. The average Bonchev–Trinajstić information content (AvgIpc) is 2.27. The van der Waals surface area contributed by atoms with Crippen LogP contribution in [0, 0.1) is 10.1 Å². The number of nitro benzene ring substituents is 1. The van der Waals surface area contributed by atoms with Gasteiger partial charge in [0.15, 0.2) is 0 Å². The Labute approximate surface area is 101 Å². The molecule has 0 spiro atoms. The van der Waals surface area contributed by atoms with Gasteiger partial charge in [-0.3, -0.25) is 10.1 Å². The lowest BCUT2D eigenvalue weighted by Gasteiger charge is -2.08. The van der Waals surface area contributed by atoms with E-state index in [2.05, 4.69) is 22.5 Å². The summed E-state index contributed by atoms with van der Waals surface area (Å²) in [5.74, 6) is 0.406. The number of benzene rings is 1. The van der Waals surface area contributed by atoms with Gasteiger partial charge in [-0.1, -0.05) is 6.58 Å². The molecule has 0 heterocycles. The van der Waals surface area contributed by atoms with E-state index in [1.54, 1.807) is 6.07 Å². The van der Waals surface area contributed by atoms with Crippen molar-refractivity contribution < 1.29 is 9.66 Å². The van der Waals surface area contributed by atoms with E-state index in [0.717, 1.165) is 5.57 Å². The van der Waals surface area contributed by atoms with Crippen molar-refractivity contribution in [3.63, 3.8) is 0 Å². The molecule has 0 saturated heterocycles. The van der Waals surface area contributed by atoms with Crippen LogP contribution >= 0.6 is 15.9 Å². The van der Waals surface area contributed by atoms with Crippen LogP contribution in [0.5, 0.6) is 5.75 Å². The van der Waals surface area contributed by atoms with Gasteiger partial charge in [-0.15, -0.1) is 0 Å². The number of nitrogens with two attached hydrogens (primary N) is 1. The number of ether oxygens (including phenoxy) is 1. The van der Waals surface area contributed by atoms with Crippen LogP contribution in [0.1, 0.15) is 0 Å². The van der Waals surface area contributed by atoms with Crippen LogP contribution in [0.2, 0.25) is 0 Å². The molecule has 0 amide bonds. The number of non-ortho nitro benzene ring substituents is 1. The molecule has 0 aliphatic rings. The molecular formula is C10H11BrN2O3. The average molecular weight is 287 g/mol. The molecule has 0 atom stereocenters. The maximum absolute atomic E-state index is 10.6. The molecule has 0 unspecified atom stereocenters. The Hall–Kier alpha value is -1.40. The molecule has 5 nitrogen and oxygen atoms in total. The van der Waals surface area contributed by atoms with Gasteiger partial charge in [0.25, 0.3) is 5.69 Å². The van der Waals surface area contributed by atoms with E-state index >= 15 is 0 Å². The van der Waals surface area contributed by atoms with Gasteiger partial charge in [-0.2, -0.15) is 0 Å². The van der Waals surface area contributed by atoms with Crippen molar-refractivity contribution in [2.75, 3.05) is 13.2 Å². The van der Waals surface area contributed by atoms with Gasteiger partial charge in [0.1, 0.15) is 12.4 Å². The lowest BCUT2D eigenvalue weighted by Crippen LogP contribution is -2.10. The molecule has 0 aliphatic heterocycles. The highest BCUT2D eigenvalue weighted by molar-refractivity contribution is 9.10. The molecule has 6 heteroatoms. The van der Waals surface area contributed by atoms with Gasteiger partial charge < -0.3 is 10.5 Å². The van der Waals surface area contributed by atoms with Crippen LogP contribution in [0.4, 0.5) is 5.69 Å². The van der Waals surface area contributed by atoms with Gasteiger partial charge in [0, 0.05) is 12.6 Å². The first-order valence-corrected chi connectivity index (χ1v) is 5.27. The van der Waals surface area contributed by atoms with E-state index in [9.17, 15) is 10.1 Å². The fourth-order valence-electron chi connectivity index (χ4n) is 0.955. The molecule has 1 aromatic carbocycles. The van der Waals surface area contributed by atoms with Crippen LogP contribution in [0.15, 0.2) is 34.8 Å². The highest BCUT2D eigenvalue weighted by Gasteiger charge is 2.10. The first kappa shape index (κ1) is 12.7. The van der Waals surface area contributed by atoms with Crippen molar-refractivity contribution in [2.45, 2.75) is 0 Å².